The molecule has 25 heavy (non-hydrogen) atoms. The van der Waals surface area contributed by atoms with Crippen LogP contribution in [0.1, 0.15) is 23.2 Å². The Balaban J connectivity index is 1.52. The van der Waals surface area contributed by atoms with Gasteiger partial charge in [-0.2, -0.15) is 0 Å². The SMILES string of the molecule is CSc1ccc(-c2cccc(C(=O)N3CCO[C@@H](C4CC4)C3)c2)cc1. The van der Waals surface area contributed by atoms with E-state index in [0.717, 1.165) is 23.2 Å². The largest absolute Gasteiger partial charge is 0.374 e. The van der Waals surface area contributed by atoms with Gasteiger partial charge in [0.15, 0.2) is 0 Å². The number of carbonyl (C=O) groups is 1. The number of morpholine rings is 1. The van der Waals surface area contributed by atoms with Crippen LogP contribution in [-0.4, -0.2) is 42.9 Å². The first-order chi connectivity index (χ1) is 12.2. The molecule has 1 aliphatic carbocycles. The fraction of sp³-hybridized carbons (Fsp3) is 0.381. The molecule has 0 radical (unpaired) electrons. The number of nitrogens with zero attached hydrogens (tertiary/aromatic N) is 1. The van der Waals surface area contributed by atoms with Crippen LogP contribution in [0.2, 0.25) is 0 Å². The molecule has 0 spiro atoms. The molecular formula is C21H23NO2S. The predicted molar refractivity (Wildman–Crippen MR) is 102 cm³/mol. The predicted octanol–water partition coefficient (Wildman–Crippen LogP) is 4.33. The molecular weight excluding hydrogens is 330 g/mol. The number of thioether (sulfide) groups is 1. The molecule has 0 aromatic heterocycles. The summed E-state index contributed by atoms with van der Waals surface area (Å²) < 4.78 is 5.84. The highest BCUT2D eigenvalue weighted by atomic mass is 32.2. The van der Waals surface area contributed by atoms with E-state index in [1.165, 1.54) is 17.7 Å². The summed E-state index contributed by atoms with van der Waals surface area (Å²) in [6, 6.07) is 16.5. The van der Waals surface area contributed by atoms with Gasteiger partial charge in [-0.15, -0.1) is 11.8 Å². The molecule has 1 saturated carbocycles. The van der Waals surface area contributed by atoms with Gasteiger partial charge in [-0.1, -0.05) is 24.3 Å². The van der Waals surface area contributed by atoms with Crippen LogP contribution in [0, 0.1) is 5.92 Å². The maximum Gasteiger partial charge on any atom is 0.254 e. The Hall–Kier alpha value is -1.78. The molecule has 1 atom stereocenters. The van der Waals surface area contributed by atoms with Gasteiger partial charge in [0, 0.05) is 23.5 Å². The topological polar surface area (TPSA) is 29.5 Å². The third-order valence-electron chi connectivity index (χ3n) is 5.06. The number of amides is 1. The molecule has 4 heteroatoms. The van der Waals surface area contributed by atoms with Crippen molar-refractivity contribution in [3.8, 4) is 11.1 Å². The van der Waals surface area contributed by atoms with Gasteiger partial charge in [-0.05, 0) is 60.4 Å². The van der Waals surface area contributed by atoms with Crippen LogP contribution in [0.15, 0.2) is 53.4 Å². The van der Waals surface area contributed by atoms with Gasteiger partial charge < -0.3 is 9.64 Å². The lowest BCUT2D eigenvalue weighted by Gasteiger charge is -2.33. The van der Waals surface area contributed by atoms with Gasteiger partial charge in [0.25, 0.3) is 5.91 Å². The van der Waals surface area contributed by atoms with Gasteiger partial charge in [-0.3, -0.25) is 4.79 Å². The highest BCUT2D eigenvalue weighted by Crippen LogP contribution is 2.36. The zero-order valence-electron chi connectivity index (χ0n) is 14.5. The summed E-state index contributed by atoms with van der Waals surface area (Å²) in [6.07, 6.45) is 4.80. The van der Waals surface area contributed by atoms with Crippen LogP contribution in [0.3, 0.4) is 0 Å². The lowest BCUT2D eigenvalue weighted by Crippen LogP contribution is -2.46. The Morgan fingerprint density at radius 3 is 2.64 bits per heavy atom. The summed E-state index contributed by atoms with van der Waals surface area (Å²) in [6.45, 7) is 2.08. The van der Waals surface area contributed by atoms with E-state index in [0.29, 0.717) is 19.1 Å². The van der Waals surface area contributed by atoms with E-state index in [4.69, 9.17) is 4.74 Å². The summed E-state index contributed by atoms with van der Waals surface area (Å²) in [5, 5.41) is 0. The second-order valence-corrected chi connectivity index (χ2v) is 7.69. The van der Waals surface area contributed by atoms with Crippen molar-refractivity contribution in [1.82, 2.24) is 4.90 Å². The lowest BCUT2D eigenvalue weighted by molar-refractivity contribution is -0.0313. The number of hydrogen-bond acceptors (Lipinski definition) is 3. The van der Waals surface area contributed by atoms with Crippen molar-refractivity contribution in [3.63, 3.8) is 0 Å². The van der Waals surface area contributed by atoms with E-state index in [9.17, 15) is 4.79 Å². The smallest absolute Gasteiger partial charge is 0.254 e. The Morgan fingerprint density at radius 1 is 1.12 bits per heavy atom. The Morgan fingerprint density at radius 2 is 1.92 bits per heavy atom. The molecule has 0 unspecified atom stereocenters. The maximum absolute atomic E-state index is 12.9. The standard InChI is InChI=1S/C21H23NO2S/c1-25-19-9-7-15(8-10-19)17-3-2-4-18(13-17)21(23)22-11-12-24-20(14-22)16-5-6-16/h2-4,7-10,13,16,20H,5-6,11-12,14H2,1H3/t20-/m1/s1. The molecule has 2 aromatic carbocycles. The third kappa shape index (κ3) is 3.75. The number of hydrogen-bond donors (Lipinski definition) is 0. The second-order valence-electron chi connectivity index (χ2n) is 6.81. The Kier molecular flexibility index (Phi) is 4.82. The third-order valence-corrected chi connectivity index (χ3v) is 5.80. The first-order valence-electron chi connectivity index (χ1n) is 8.90. The van der Waals surface area contributed by atoms with Crippen molar-refractivity contribution >= 4 is 17.7 Å². The quantitative estimate of drug-likeness (QED) is 0.767. The average molecular weight is 353 g/mol. The molecule has 0 bridgehead atoms. The summed E-state index contributed by atoms with van der Waals surface area (Å²) in [5.41, 5.74) is 3.00. The van der Waals surface area contributed by atoms with Crippen molar-refractivity contribution in [2.75, 3.05) is 26.0 Å². The first-order valence-corrected chi connectivity index (χ1v) is 10.1. The van der Waals surface area contributed by atoms with E-state index in [-0.39, 0.29) is 12.0 Å². The molecule has 130 valence electrons. The highest BCUT2D eigenvalue weighted by Gasteiger charge is 2.36. The summed E-state index contributed by atoms with van der Waals surface area (Å²) in [5.74, 6) is 0.786. The molecule has 3 nitrogen and oxygen atoms in total. The Labute approximate surface area is 153 Å². The monoisotopic (exact) mass is 353 g/mol. The van der Waals surface area contributed by atoms with Crippen LogP contribution < -0.4 is 0 Å². The normalized spacial score (nSPS) is 20.5. The van der Waals surface area contributed by atoms with E-state index < -0.39 is 0 Å². The minimum absolute atomic E-state index is 0.122. The van der Waals surface area contributed by atoms with E-state index >= 15 is 0 Å². The number of rotatable bonds is 4. The second kappa shape index (κ2) is 7.22. The fourth-order valence-corrected chi connectivity index (χ4v) is 3.82. The fourth-order valence-electron chi connectivity index (χ4n) is 3.41. The van der Waals surface area contributed by atoms with Crippen LogP contribution in [0.5, 0.6) is 0 Å². The number of ether oxygens (including phenoxy) is 1. The summed E-state index contributed by atoms with van der Waals surface area (Å²) in [7, 11) is 0. The lowest BCUT2D eigenvalue weighted by atomic mass is 10.0. The van der Waals surface area contributed by atoms with Gasteiger partial charge >= 0.3 is 0 Å². The van der Waals surface area contributed by atoms with Crippen LogP contribution in [0.25, 0.3) is 11.1 Å². The van der Waals surface area contributed by atoms with E-state index in [1.54, 1.807) is 11.8 Å². The molecule has 2 fully saturated rings. The molecule has 2 aliphatic rings. The molecule has 4 rings (SSSR count). The molecule has 1 saturated heterocycles. The summed E-state index contributed by atoms with van der Waals surface area (Å²) >= 11 is 1.73. The van der Waals surface area contributed by atoms with E-state index in [2.05, 4.69) is 36.6 Å². The average Bonchev–Trinajstić information content (AvgIpc) is 3.53. The molecule has 1 amide bonds. The minimum atomic E-state index is 0.122. The zero-order valence-corrected chi connectivity index (χ0v) is 15.3. The van der Waals surface area contributed by atoms with Crippen molar-refractivity contribution in [3.05, 3.63) is 54.1 Å². The molecule has 0 N–H and O–H groups in total. The first kappa shape index (κ1) is 16.7. The van der Waals surface area contributed by atoms with Gasteiger partial charge in [-0.25, -0.2) is 0 Å². The van der Waals surface area contributed by atoms with Crippen molar-refractivity contribution in [1.29, 1.82) is 0 Å². The molecule has 1 heterocycles. The summed E-state index contributed by atoms with van der Waals surface area (Å²) in [4.78, 5) is 16.1. The van der Waals surface area contributed by atoms with Gasteiger partial charge in [0.2, 0.25) is 0 Å². The highest BCUT2D eigenvalue weighted by molar-refractivity contribution is 7.98. The zero-order chi connectivity index (χ0) is 17.2. The molecule has 1 aliphatic heterocycles. The maximum atomic E-state index is 12.9. The van der Waals surface area contributed by atoms with Crippen molar-refractivity contribution < 1.29 is 9.53 Å². The van der Waals surface area contributed by atoms with Gasteiger partial charge in [0.05, 0.1) is 12.7 Å². The van der Waals surface area contributed by atoms with Gasteiger partial charge in [0.1, 0.15) is 0 Å². The number of benzene rings is 2. The molecule has 2 aromatic rings. The van der Waals surface area contributed by atoms with Crippen molar-refractivity contribution in [2.24, 2.45) is 5.92 Å². The minimum Gasteiger partial charge on any atom is -0.374 e. The van der Waals surface area contributed by atoms with Crippen molar-refractivity contribution in [2.45, 2.75) is 23.8 Å². The number of carbonyl (C=O) groups excluding carboxylic acids is 1. The van der Waals surface area contributed by atoms with Crippen LogP contribution in [0.4, 0.5) is 0 Å². The van der Waals surface area contributed by atoms with E-state index in [1.807, 2.05) is 23.1 Å². The van der Waals surface area contributed by atoms with Crippen LogP contribution >= 0.6 is 11.8 Å². The Bertz CT molecular complexity index is 755. The van der Waals surface area contributed by atoms with Crippen LogP contribution in [-0.2, 0) is 4.74 Å².